The molecule has 4 heterocycles. The number of benzene rings is 1. The third-order valence-electron chi connectivity index (χ3n) is 5.55. The molecule has 2 saturated heterocycles. The van der Waals surface area contributed by atoms with Gasteiger partial charge in [0.25, 0.3) is 5.91 Å². The van der Waals surface area contributed by atoms with Gasteiger partial charge in [-0.25, -0.2) is 15.0 Å². The fourth-order valence-electron chi connectivity index (χ4n) is 4.19. The molecule has 0 bridgehead atoms. The van der Waals surface area contributed by atoms with E-state index in [1.165, 1.54) is 0 Å². The van der Waals surface area contributed by atoms with Gasteiger partial charge in [0.05, 0.1) is 6.33 Å². The minimum Gasteiger partial charge on any atom is -0.364 e. The third kappa shape index (κ3) is 4.28. The monoisotopic (exact) mass is 584 g/mol. The minimum atomic E-state index is -0.840. The first-order valence-electron chi connectivity index (χ1n) is 10.4. The number of anilines is 1. The van der Waals surface area contributed by atoms with Crippen molar-refractivity contribution in [3.05, 3.63) is 45.0 Å². The summed E-state index contributed by atoms with van der Waals surface area (Å²) >= 11 is 8.16. The van der Waals surface area contributed by atoms with Crippen molar-refractivity contribution in [3.8, 4) is 0 Å². The van der Waals surface area contributed by atoms with E-state index in [0.717, 1.165) is 5.56 Å². The summed E-state index contributed by atoms with van der Waals surface area (Å²) in [4.78, 5) is 26.1. The van der Waals surface area contributed by atoms with Gasteiger partial charge in [0.1, 0.15) is 12.2 Å². The summed E-state index contributed by atoms with van der Waals surface area (Å²) in [5, 5.41) is 6.62. The summed E-state index contributed by atoms with van der Waals surface area (Å²) in [6, 6.07) is 7.59. The van der Waals surface area contributed by atoms with E-state index in [2.05, 4.69) is 48.2 Å². The van der Waals surface area contributed by atoms with Crippen LogP contribution in [0.3, 0.4) is 0 Å². The number of imidazole rings is 1. The minimum absolute atomic E-state index is 0.272. The summed E-state index contributed by atoms with van der Waals surface area (Å²) in [6.45, 7) is 4.15. The van der Waals surface area contributed by atoms with Crippen molar-refractivity contribution in [2.75, 3.05) is 12.4 Å². The number of aromatic nitrogens is 4. The van der Waals surface area contributed by atoms with Crippen molar-refractivity contribution in [1.29, 1.82) is 0 Å². The molecule has 0 unspecified atom stereocenters. The second-order valence-electron chi connectivity index (χ2n) is 8.28. The van der Waals surface area contributed by atoms with Crippen LogP contribution in [0.5, 0.6) is 0 Å². The molecule has 10 nitrogen and oxygen atoms in total. The number of hydrogen-bond donors (Lipinski definition) is 2. The molecule has 33 heavy (non-hydrogen) atoms. The van der Waals surface area contributed by atoms with E-state index in [1.54, 1.807) is 17.9 Å². The number of ether oxygens (including phenoxy) is 3. The maximum Gasteiger partial charge on any atom is 0.251 e. The smallest absolute Gasteiger partial charge is 0.251 e. The molecule has 12 heteroatoms. The zero-order chi connectivity index (χ0) is 23.3. The summed E-state index contributed by atoms with van der Waals surface area (Å²) in [5.74, 6) is -0.525. The molecule has 174 valence electrons. The number of likely N-dealkylation sites (N-methyl/N-ethyl adjacent to an activating group) is 1. The standard InChI is InChI=1S/C21H22ClIN6O4/c1-21(2)32-13-14(18(30)24-3)31-19(15(13)33-21)29-9-26-12-16(27-20(23)28-17(12)29)25-8-10-5-4-6-11(22)7-10/h4-7,9,13-15,19H,8H2,1-3H3,(H,24,30)(H,25,27,28)/t13-,14+,15-,19-/m1/s1. The van der Waals surface area contributed by atoms with E-state index in [-0.39, 0.29) is 5.91 Å². The largest absolute Gasteiger partial charge is 0.364 e. The Labute approximate surface area is 208 Å². The van der Waals surface area contributed by atoms with Gasteiger partial charge in [0, 0.05) is 41.2 Å². The number of fused-ring (bicyclic) bond motifs is 2. The van der Waals surface area contributed by atoms with Gasteiger partial charge in [0.15, 0.2) is 38.9 Å². The second kappa shape index (κ2) is 8.62. The molecule has 2 aliphatic rings. The van der Waals surface area contributed by atoms with Crippen LogP contribution in [-0.4, -0.2) is 56.6 Å². The molecule has 2 fully saturated rings. The number of nitrogens with zero attached hydrogens (tertiary/aromatic N) is 4. The van der Waals surface area contributed by atoms with Gasteiger partial charge in [-0.1, -0.05) is 23.7 Å². The molecular weight excluding hydrogens is 563 g/mol. The highest BCUT2D eigenvalue weighted by Crippen LogP contribution is 2.44. The molecule has 1 amide bonds. The van der Waals surface area contributed by atoms with E-state index < -0.39 is 30.3 Å². The predicted octanol–water partition coefficient (Wildman–Crippen LogP) is 2.86. The Morgan fingerprint density at radius 1 is 1.27 bits per heavy atom. The van der Waals surface area contributed by atoms with Crippen LogP contribution < -0.4 is 10.6 Å². The van der Waals surface area contributed by atoms with Gasteiger partial charge in [-0.05, 0) is 31.5 Å². The van der Waals surface area contributed by atoms with Crippen molar-refractivity contribution < 1.29 is 19.0 Å². The highest BCUT2D eigenvalue weighted by molar-refractivity contribution is 14.1. The molecule has 0 radical (unpaired) electrons. The Balaban J connectivity index is 1.48. The van der Waals surface area contributed by atoms with Crippen LogP contribution in [0.4, 0.5) is 5.82 Å². The molecule has 2 aromatic heterocycles. The molecule has 2 N–H and O–H groups in total. The zero-order valence-electron chi connectivity index (χ0n) is 18.1. The van der Waals surface area contributed by atoms with Gasteiger partial charge in [-0.15, -0.1) is 0 Å². The lowest BCUT2D eigenvalue weighted by Crippen LogP contribution is -2.41. The summed E-state index contributed by atoms with van der Waals surface area (Å²) < 4.78 is 20.5. The van der Waals surface area contributed by atoms with Gasteiger partial charge in [0.2, 0.25) is 0 Å². The number of rotatable bonds is 5. The van der Waals surface area contributed by atoms with Gasteiger partial charge >= 0.3 is 0 Å². The van der Waals surface area contributed by atoms with Crippen molar-refractivity contribution in [2.24, 2.45) is 0 Å². The van der Waals surface area contributed by atoms with Crippen LogP contribution in [0.25, 0.3) is 11.2 Å². The van der Waals surface area contributed by atoms with E-state index in [4.69, 9.17) is 25.8 Å². The average Bonchev–Trinajstić information content (AvgIpc) is 3.42. The van der Waals surface area contributed by atoms with Gasteiger partial charge < -0.3 is 24.8 Å². The third-order valence-corrected chi connectivity index (χ3v) is 6.27. The first-order chi connectivity index (χ1) is 15.8. The maximum absolute atomic E-state index is 12.5. The fourth-order valence-corrected chi connectivity index (χ4v) is 4.87. The summed E-state index contributed by atoms with van der Waals surface area (Å²) in [7, 11) is 1.56. The van der Waals surface area contributed by atoms with Crippen molar-refractivity contribution >= 4 is 57.1 Å². The van der Waals surface area contributed by atoms with E-state index in [1.807, 2.05) is 38.1 Å². The van der Waals surface area contributed by atoms with Crippen molar-refractivity contribution in [3.63, 3.8) is 0 Å². The molecule has 0 saturated carbocycles. The molecule has 1 aromatic carbocycles. The normalized spacial score (nSPS) is 25.8. The number of carbonyl (C=O) groups is 1. The quantitative estimate of drug-likeness (QED) is 0.348. The molecule has 5 rings (SSSR count). The number of carbonyl (C=O) groups excluding carboxylic acids is 1. The highest BCUT2D eigenvalue weighted by atomic mass is 127. The van der Waals surface area contributed by atoms with E-state index in [0.29, 0.717) is 32.4 Å². The summed E-state index contributed by atoms with van der Waals surface area (Å²) in [6.07, 6.45) is -0.886. The Kier molecular flexibility index (Phi) is 5.93. The van der Waals surface area contributed by atoms with Gasteiger partial charge in [-0.2, -0.15) is 0 Å². The lowest BCUT2D eigenvalue weighted by Gasteiger charge is -2.24. The van der Waals surface area contributed by atoms with Gasteiger partial charge in [-0.3, -0.25) is 9.36 Å². The highest BCUT2D eigenvalue weighted by Gasteiger charge is 2.58. The topological polar surface area (TPSA) is 112 Å². The van der Waals surface area contributed by atoms with Crippen molar-refractivity contribution in [2.45, 2.75) is 50.7 Å². The molecule has 3 aromatic rings. The Hall–Kier alpha value is -2.06. The van der Waals surface area contributed by atoms with Crippen LogP contribution in [0, 0.1) is 3.83 Å². The SMILES string of the molecule is CNC(=O)[C@H]1O[C@@H](n2cnc3c(NCc4cccc(Cl)c4)nc(I)nc32)[C@@H]2OC(C)(C)O[C@@H]21. The zero-order valence-corrected chi connectivity index (χ0v) is 21.0. The first kappa shape index (κ1) is 22.7. The van der Waals surface area contributed by atoms with Crippen LogP contribution >= 0.6 is 34.2 Å². The summed E-state index contributed by atoms with van der Waals surface area (Å²) in [5.41, 5.74) is 2.16. The Morgan fingerprint density at radius 3 is 2.82 bits per heavy atom. The van der Waals surface area contributed by atoms with Crippen LogP contribution in [0.2, 0.25) is 5.02 Å². The van der Waals surface area contributed by atoms with Crippen molar-refractivity contribution in [1.82, 2.24) is 24.8 Å². The second-order valence-corrected chi connectivity index (χ2v) is 9.68. The molecule has 0 aliphatic carbocycles. The predicted molar refractivity (Wildman–Crippen MR) is 129 cm³/mol. The Bertz CT molecular complexity index is 1220. The van der Waals surface area contributed by atoms with Crippen LogP contribution in [0.1, 0.15) is 25.6 Å². The van der Waals surface area contributed by atoms with Crippen LogP contribution in [0.15, 0.2) is 30.6 Å². The molecule has 2 aliphatic heterocycles. The average molecular weight is 585 g/mol. The van der Waals surface area contributed by atoms with E-state index in [9.17, 15) is 4.79 Å². The molecule has 0 spiro atoms. The lowest BCUT2D eigenvalue weighted by molar-refractivity contribution is -0.197. The molecule has 4 atom stereocenters. The first-order valence-corrected chi connectivity index (χ1v) is 11.8. The fraction of sp³-hybridized carbons (Fsp3) is 0.429. The lowest BCUT2D eigenvalue weighted by atomic mass is 10.1. The van der Waals surface area contributed by atoms with E-state index >= 15 is 0 Å². The maximum atomic E-state index is 12.5. The Morgan fingerprint density at radius 2 is 2.06 bits per heavy atom. The number of amides is 1. The molecular formula is C21H22ClIN6O4. The number of nitrogens with one attached hydrogen (secondary N) is 2. The van der Waals surface area contributed by atoms with Crippen LogP contribution in [-0.2, 0) is 25.5 Å². The number of hydrogen-bond acceptors (Lipinski definition) is 8. The number of halogens is 2.